The number of alkyl halides is 3. The van der Waals surface area contributed by atoms with Crippen LogP contribution in [0.2, 0.25) is 0 Å². The van der Waals surface area contributed by atoms with E-state index >= 15 is 0 Å². The van der Waals surface area contributed by atoms with Crippen LogP contribution in [0.15, 0.2) is 41.7 Å². The molecule has 1 N–H and O–H groups in total. The highest BCUT2D eigenvalue weighted by atomic mass is 32.1. The first-order valence-corrected chi connectivity index (χ1v) is 12.5. The average molecular weight is 488 g/mol. The van der Waals surface area contributed by atoms with Crippen LogP contribution in [-0.2, 0) is 12.8 Å². The molecule has 34 heavy (non-hydrogen) atoms. The van der Waals surface area contributed by atoms with Crippen LogP contribution in [-0.4, -0.2) is 48.5 Å². The molecule has 9 heteroatoms. The summed E-state index contributed by atoms with van der Waals surface area (Å²) in [4.78, 5) is 15.8. The predicted octanol–water partition coefficient (Wildman–Crippen LogP) is 5.90. The molecule has 180 valence electrons. The summed E-state index contributed by atoms with van der Waals surface area (Å²) in [7, 11) is 0. The Hall–Kier alpha value is -2.68. The largest absolute Gasteiger partial charge is 0.393 e. The molecule has 1 aliphatic carbocycles. The van der Waals surface area contributed by atoms with Crippen LogP contribution in [0.5, 0.6) is 0 Å². The van der Waals surface area contributed by atoms with Crippen molar-refractivity contribution in [2.24, 2.45) is 10.4 Å². The average Bonchev–Trinajstić information content (AvgIpc) is 3.50. The Balaban J connectivity index is 1.24. The summed E-state index contributed by atoms with van der Waals surface area (Å²) in [5, 5.41) is 4.44. The van der Waals surface area contributed by atoms with E-state index in [9.17, 15) is 13.2 Å². The van der Waals surface area contributed by atoms with Gasteiger partial charge < -0.3 is 15.2 Å². The maximum Gasteiger partial charge on any atom is 0.393 e. The first-order chi connectivity index (χ1) is 16.3. The summed E-state index contributed by atoms with van der Waals surface area (Å²) < 4.78 is 38.6. The Bertz CT molecular complexity index is 1160. The van der Waals surface area contributed by atoms with E-state index in [1.165, 1.54) is 11.9 Å². The zero-order chi connectivity index (χ0) is 23.8. The fraction of sp³-hybridized carbons (Fsp3) is 0.480. The van der Waals surface area contributed by atoms with Crippen LogP contribution in [0.4, 0.5) is 24.7 Å². The van der Waals surface area contributed by atoms with Crippen molar-refractivity contribution in [3.8, 4) is 0 Å². The smallest absolute Gasteiger partial charge is 0.382 e. The number of aliphatic imine (C=N–C) groups is 1. The molecular weight excluding hydrogens is 459 g/mol. The van der Waals surface area contributed by atoms with Crippen LogP contribution in [0.25, 0.3) is 10.2 Å². The number of fused-ring (bicyclic) bond motifs is 1. The Morgan fingerprint density at radius 1 is 1.21 bits per heavy atom. The zero-order valence-corrected chi connectivity index (χ0v) is 19.8. The molecule has 2 fully saturated rings. The van der Waals surface area contributed by atoms with Gasteiger partial charge in [-0.05, 0) is 68.0 Å². The lowest BCUT2D eigenvalue weighted by Crippen LogP contribution is -2.27. The van der Waals surface area contributed by atoms with Gasteiger partial charge in [0.05, 0.1) is 11.8 Å². The minimum Gasteiger partial charge on any atom is -0.382 e. The van der Waals surface area contributed by atoms with Gasteiger partial charge in [0.1, 0.15) is 17.0 Å². The van der Waals surface area contributed by atoms with Crippen LogP contribution in [0, 0.1) is 5.41 Å². The van der Waals surface area contributed by atoms with Crippen molar-refractivity contribution in [1.82, 2.24) is 9.97 Å². The van der Waals surface area contributed by atoms with Gasteiger partial charge in [-0.15, -0.1) is 11.3 Å². The summed E-state index contributed by atoms with van der Waals surface area (Å²) in [6.07, 6.45) is 1.66. The highest BCUT2D eigenvalue weighted by molar-refractivity contribution is 7.18. The maximum absolute atomic E-state index is 12.9. The van der Waals surface area contributed by atoms with Crippen molar-refractivity contribution >= 4 is 39.8 Å². The second-order valence-electron chi connectivity index (χ2n) is 9.57. The summed E-state index contributed by atoms with van der Waals surface area (Å²) >= 11 is 1.11. The minimum absolute atomic E-state index is 0.218. The summed E-state index contributed by atoms with van der Waals surface area (Å²) in [5.74, 6) is 0.771. The number of nitrogens with one attached hydrogen (secondary N) is 1. The fourth-order valence-electron chi connectivity index (χ4n) is 5.46. The first kappa shape index (κ1) is 23.1. The molecule has 2 unspecified atom stereocenters. The number of nitrogens with zero attached hydrogens (tertiary/aromatic N) is 4. The highest BCUT2D eigenvalue weighted by Gasteiger charge is 2.44. The molecule has 3 aromatic rings. The van der Waals surface area contributed by atoms with Gasteiger partial charge in [0.25, 0.3) is 0 Å². The van der Waals surface area contributed by atoms with Crippen molar-refractivity contribution < 1.29 is 13.2 Å². The lowest BCUT2D eigenvalue weighted by molar-refractivity contribution is -0.126. The number of rotatable bonds is 7. The lowest BCUT2D eigenvalue weighted by atomic mass is 9.85. The third-order valence-corrected chi connectivity index (χ3v) is 8.10. The quantitative estimate of drug-likeness (QED) is 0.422. The van der Waals surface area contributed by atoms with E-state index in [2.05, 4.69) is 56.2 Å². The van der Waals surface area contributed by atoms with Gasteiger partial charge >= 0.3 is 6.18 Å². The van der Waals surface area contributed by atoms with Gasteiger partial charge in [-0.3, -0.25) is 0 Å². The van der Waals surface area contributed by atoms with E-state index in [-0.39, 0.29) is 10.3 Å². The minimum atomic E-state index is -4.22. The molecule has 1 aromatic carbocycles. The topological polar surface area (TPSA) is 53.4 Å². The fourth-order valence-corrected chi connectivity index (χ4v) is 6.48. The molecule has 1 saturated heterocycles. The molecule has 1 spiro atoms. The van der Waals surface area contributed by atoms with Crippen LogP contribution in [0.1, 0.15) is 36.1 Å². The molecule has 2 aliphatic rings. The second-order valence-corrected chi connectivity index (χ2v) is 10.7. The summed E-state index contributed by atoms with van der Waals surface area (Å²) in [6, 6.07) is 10.6. The molecule has 0 radical (unpaired) electrons. The lowest BCUT2D eigenvalue weighted by Gasteiger charge is -2.25. The van der Waals surface area contributed by atoms with E-state index < -0.39 is 12.6 Å². The van der Waals surface area contributed by atoms with Crippen molar-refractivity contribution in [2.45, 2.75) is 50.7 Å². The number of thiophene rings is 1. The number of hydrogen-bond donors (Lipinski definition) is 1. The van der Waals surface area contributed by atoms with E-state index in [0.29, 0.717) is 10.9 Å². The number of aromatic nitrogens is 2. The Morgan fingerprint density at radius 2 is 2.03 bits per heavy atom. The molecule has 1 saturated carbocycles. The monoisotopic (exact) mass is 487 g/mol. The molecule has 2 atom stereocenters. The molecule has 1 aliphatic heterocycles. The van der Waals surface area contributed by atoms with E-state index in [1.54, 1.807) is 6.07 Å². The molecule has 0 bridgehead atoms. The van der Waals surface area contributed by atoms with E-state index in [1.807, 2.05) is 0 Å². The van der Waals surface area contributed by atoms with Gasteiger partial charge in [0.15, 0.2) is 0 Å². The second kappa shape index (κ2) is 9.17. The third-order valence-electron chi connectivity index (χ3n) is 7.06. The van der Waals surface area contributed by atoms with Crippen LogP contribution < -0.4 is 10.2 Å². The SMILES string of the molecule is C=NCCc1ccc(NC2CCC3(CCN(c4ncnc5sc(CC(F)(F)F)cc45)C3)C2)cc1. The van der Waals surface area contributed by atoms with Gasteiger partial charge in [-0.25, -0.2) is 9.97 Å². The Kier molecular flexibility index (Phi) is 6.22. The van der Waals surface area contributed by atoms with Crippen molar-refractivity contribution in [3.05, 3.63) is 47.1 Å². The van der Waals surface area contributed by atoms with Crippen molar-refractivity contribution in [2.75, 3.05) is 29.9 Å². The Labute approximate surface area is 201 Å². The molecule has 3 heterocycles. The highest BCUT2D eigenvalue weighted by Crippen LogP contribution is 2.48. The summed E-state index contributed by atoms with van der Waals surface area (Å²) in [5.41, 5.74) is 2.62. The number of halogens is 3. The predicted molar refractivity (Wildman–Crippen MR) is 132 cm³/mol. The van der Waals surface area contributed by atoms with Crippen molar-refractivity contribution in [3.63, 3.8) is 0 Å². The first-order valence-electron chi connectivity index (χ1n) is 11.7. The van der Waals surface area contributed by atoms with Crippen molar-refractivity contribution in [1.29, 1.82) is 0 Å². The standard InChI is InChI=1S/C25H28F3N5S/c1-29-10-7-17-2-4-18(5-3-17)32-19-6-8-24(13-19)9-11-33(15-24)22-21-12-20(14-25(26,27)28)34-23(21)31-16-30-22/h2-5,12,16,19,32H,1,6-11,13-15H2. The molecular formula is C25H28F3N5S. The molecule has 5 nitrogen and oxygen atoms in total. The summed E-state index contributed by atoms with van der Waals surface area (Å²) in [6.45, 7) is 6.03. The van der Waals surface area contributed by atoms with Gasteiger partial charge in [-0.1, -0.05) is 12.1 Å². The van der Waals surface area contributed by atoms with Crippen LogP contribution in [0.3, 0.4) is 0 Å². The molecule has 2 aromatic heterocycles. The normalized spacial score (nSPS) is 22.7. The van der Waals surface area contributed by atoms with Gasteiger partial charge in [0.2, 0.25) is 0 Å². The maximum atomic E-state index is 12.9. The van der Waals surface area contributed by atoms with E-state index in [0.717, 1.165) is 80.0 Å². The number of benzene rings is 1. The van der Waals surface area contributed by atoms with Crippen LogP contribution >= 0.6 is 11.3 Å². The molecule has 0 amide bonds. The van der Waals surface area contributed by atoms with Gasteiger partial charge in [-0.2, -0.15) is 13.2 Å². The third kappa shape index (κ3) is 5.04. The van der Waals surface area contributed by atoms with Gasteiger partial charge in [0, 0.05) is 36.2 Å². The number of anilines is 2. The molecule has 5 rings (SSSR count). The van der Waals surface area contributed by atoms with E-state index in [4.69, 9.17) is 0 Å². The Morgan fingerprint density at radius 3 is 2.79 bits per heavy atom. The number of hydrogen-bond acceptors (Lipinski definition) is 6. The zero-order valence-electron chi connectivity index (χ0n) is 18.9.